The van der Waals surface area contributed by atoms with E-state index in [-0.39, 0.29) is 0 Å². The van der Waals surface area contributed by atoms with Crippen LogP contribution in [-0.2, 0) is 0 Å². The van der Waals surface area contributed by atoms with Gasteiger partial charge in [0.1, 0.15) is 0 Å². The van der Waals surface area contributed by atoms with E-state index < -0.39 is 0 Å². The second-order valence-corrected chi connectivity index (χ2v) is 5.34. The van der Waals surface area contributed by atoms with Crippen LogP contribution in [0.2, 0.25) is 0 Å². The van der Waals surface area contributed by atoms with Crippen molar-refractivity contribution in [1.82, 2.24) is 0 Å². The van der Waals surface area contributed by atoms with Gasteiger partial charge in [-0.1, -0.05) is 49.8 Å². The SMILES string of the molecule is Cc1[c]c(C2CCCCCCC2)cc(C)c1. The summed E-state index contributed by atoms with van der Waals surface area (Å²) in [6.45, 7) is 4.37. The van der Waals surface area contributed by atoms with E-state index in [1.165, 1.54) is 61.6 Å². The molecule has 0 atom stereocenters. The summed E-state index contributed by atoms with van der Waals surface area (Å²) in [5.41, 5.74) is 4.17. The largest absolute Gasteiger partial charge is 0.0557 e. The van der Waals surface area contributed by atoms with Gasteiger partial charge in [-0.05, 0) is 49.8 Å². The molecule has 0 saturated heterocycles. The van der Waals surface area contributed by atoms with Crippen LogP contribution in [0.3, 0.4) is 0 Å². The van der Waals surface area contributed by atoms with Crippen molar-refractivity contribution in [2.45, 2.75) is 64.7 Å². The third kappa shape index (κ3) is 3.10. The molecule has 87 valence electrons. The van der Waals surface area contributed by atoms with E-state index in [2.05, 4.69) is 32.0 Å². The molecule has 0 aromatic heterocycles. The van der Waals surface area contributed by atoms with E-state index in [1.54, 1.807) is 0 Å². The number of rotatable bonds is 1. The zero-order chi connectivity index (χ0) is 11.4. The third-order valence-corrected chi connectivity index (χ3v) is 3.71. The van der Waals surface area contributed by atoms with E-state index in [1.807, 2.05) is 0 Å². The minimum atomic E-state index is 0.777. The van der Waals surface area contributed by atoms with E-state index in [9.17, 15) is 0 Å². The highest BCUT2D eigenvalue weighted by Crippen LogP contribution is 2.31. The van der Waals surface area contributed by atoms with Gasteiger partial charge in [-0.15, -0.1) is 0 Å². The van der Waals surface area contributed by atoms with Gasteiger partial charge in [-0.2, -0.15) is 0 Å². The summed E-state index contributed by atoms with van der Waals surface area (Å²) in [6, 6.07) is 8.14. The Morgan fingerprint density at radius 1 is 0.938 bits per heavy atom. The second kappa shape index (κ2) is 5.52. The first kappa shape index (κ1) is 11.7. The average molecular weight is 215 g/mol. The van der Waals surface area contributed by atoms with Gasteiger partial charge in [0.25, 0.3) is 0 Å². The molecule has 1 aromatic carbocycles. The summed E-state index contributed by atoms with van der Waals surface area (Å²) in [4.78, 5) is 0. The van der Waals surface area contributed by atoms with Crippen LogP contribution in [0.1, 0.15) is 67.6 Å². The lowest BCUT2D eigenvalue weighted by molar-refractivity contribution is 0.455. The summed E-state index contributed by atoms with van der Waals surface area (Å²) in [6.07, 6.45) is 9.88. The van der Waals surface area contributed by atoms with Crippen molar-refractivity contribution in [1.29, 1.82) is 0 Å². The lowest BCUT2D eigenvalue weighted by atomic mass is 9.85. The maximum atomic E-state index is 3.57. The Bertz CT molecular complexity index is 310. The lowest BCUT2D eigenvalue weighted by Gasteiger charge is -2.20. The molecule has 16 heavy (non-hydrogen) atoms. The Morgan fingerprint density at radius 3 is 2.19 bits per heavy atom. The second-order valence-electron chi connectivity index (χ2n) is 5.34. The fourth-order valence-electron chi connectivity index (χ4n) is 2.92. The maximum absolute atomic E-state index is 3.57. The van der Waals surface area contributed by atoms with E-state index in [0.29, 0.717) is 0 Å². The minimum absolute atomic E-state index is 0.777. The average Bonchev–Trinajstić information content (AvgIpc) is 2.14. The molecule has 0 unspecified atom stereocenters. The third-order valence-electron chi connectivity index (χ3n) is 3.71. The van der Waals surface area contributed by atoms with E-state index in [0.717, 1.165) is 5.92 Å². The minimum Gasteiger partial charge on any atom is -0.0557 e. The first-order chi connectivity index (χ1) is 7.75. The molecule has 0 heteroatoms. The molecule has 1 aromatic rings. The molecule has 1 fully saturated rings. The molecule has 0 bridgehead atoms. The van der Waals surface area contributed by atoms with Crippen molar-refractivity contribution in [3.05, 3.63) is 34.9 Å². The fourth-order valence-corrected chi connectivity index (χ4v) is 2.92. The number of aryl methyl sites for hydroxylation is 2. The van der Waals surface area contributed by atoms with Gasteiger partial charge in [-0.25, -0.2) is 0 Å². The van der Waals surface area contributed by atoms with Crippen LogP contribution in [0.15, 0.2) is 12.1 Å². The van der Waals surface area contributed by atoms with E-state index in [4.69, 9.17) is 0 Å². The first-order valence-corrected chi connectivity index (χ1v) is 6.76. The van der Waals surface area contributed by atoms with Gasteiger partial charge in [0.15, 0.2) is 0 Å². The predicted octanol–water partition coefficient (Wildman–Crippen LogP) is 4.93. The van der Waals surface area contributed by atoms with Crippen LogP contribution >= 0.6 is 0 Å². The zero-order valence-electron chi connectivity index (χ0n) is 10.7. The van der Waals surface area contributed by atoms with Crippen molar-refractivity contribution in [3.8, 4) is 0 Å². The smallest absolute Gasteiger partial charge is 0.0114 e. The van der Waals surface area contributed by atoms with Crippen molar-refractivity contribution in [2.24, 2.45) is 0 Å². The molecule has 0 N–H and O–H groups in total. The molecule has 1 saturated carbocycles. The number of benzene rings is 1. The summed E-state index contributed by atoms with van der Waals surface area (Å²) >= 11 is 0. The Hall–Kier alpha value is -0.780. The summed E-state index contributed by atoms with van der Waals surface area (Å²) in [5.74, 6) is 0.777. The predicted molar refractivity (Wildman–Crippen MR) is 69.8 cm³/mol. The van der Waals surface area contributed by atoms with Crippen LogP contribution in [-0.4, -0.2) is 0 Å². The Morgan fingerprint density at radius 2 is 1.56 bits per heavy atom. The van der Waals surface area contributed by atoms with E-state index >= 15 is 0 Å². The Labute approximate surface area is 100 Å². The van der Waals surface area contributed by atoms with Crippen molar-refractivity contribution >= 4 is 0 Å². The van der Waals surface area contributed by atoms with Gasteiger partial charge >= 0.3 is 0 Å². The van der Waals surface area contributed by atoms with Crippen LogP contribution in [0.4, 0.5) is 0 Å². The topological polar surface area (TPSA) is 0 Å². The van der Waals surface area contributed by atoms with Gasteiger partial charge in [0.05, 0.1) is 0 Å². The molecule has 1 aliphatic rings. The molecule has 1 aliphatic carbocycles. The highest BCUT2D eigenvalue weighted by atomic mass is 14.2. The molecule has 0 aliphatic heterocycles. The number of hydrogen-bond acceptors (Lipinski definition) is 0. The maximum Gasteiger partial charge on any atom is -0.0114 e. The molecule has 1 radical (unpaired) electrons. The van der Waals surface area contributed by atoms with Crippen LogP contribution in [0, 0.1) is 19.9 Å². The molecule has 0 spiro atoms. The highest BCUT2D eigenvalue weighted by molar-refractivity contribution is 5.29. The highest BCUT2D eigenvalue weighted by Gasteiger charge is 2.14. The first-order valence-electron chi connectivity index (χ1n) is 6.76. The normalized spacial score (nSPS) is 19.1. The standard InChI is InChI=1S/C16H23/c1-13-10-14(2)12-16(11-13)15-8-6-4-3-5-7-9-15/h10-11,15H,3-9H2,1-2H3. The molecule has 2 rings (SSSR count). The number of hydrogen-bond donors (Lipinski definition) is 0. The van der Waals surface area contributed by atoms with Crippen molar-refractivity contribution < 1.29 is 0 Å². The van der Waals surface area contributed by atoms with Crippen LogP contribution < -0.4 is 0 Å². The Balaban J connectivity index is 2.13. The summed E-state index contributed by atoms with van der Waals surface area (Å²) in [5, 5.41) is 0. The van der Waals surface area contributed by atoms with Crippen LogP contribution in [0.25, 0.3) is 0 Å². The van der Waals surface area contributed by atoms with Gasteiger partial charge in [0.2, 0.25) is 0 Å². The molecule has 0 heterocycles. The molecular weight excluding hydrogens is 192 g/mol. The zero-order valence-corrected chi connectivity index (χ0v) is 10.7. The van der Waals surface area contributed by atoms with Crippen LogP contribution in [0.5, 0.6) is 0 Å². The molecule has 0 amide bonds. The summed E-state index contributed by atoms with van der Waals surface area (Å²) in [7, 11) is 0. The summed E-state index contributed by atoms with van der Waals surface area (Å²) < 4.78 is 0. The quantitative estimate of drug-likeness (QED) is 0.623. The van der Waals surface area contributed by atoms with Crippen molar-refractivity contribution in [2.75, 3.05) is 0 Å². The van der Waals surface area contributed by atoms with Crippen molar-refractivity contribution in [3.63, 3.8) is 0 Å². The van der Waals surface area contributed by atoms with Gasteiger partial charge < -0.3 is 0 Å². The Kier molecular flexibility index (Phi) is 4.04. The molecular formula is C16H23. The van der Waals surface area contributed by atoms with Gasteiger partial charge in [0, 0.05) is 0 Å². The monoisotopic (exact) mass is 215 g/mol. The lowest BCUT2D eigenvalue weighted by Crippen LogP contribution is -2.03. The molecule has 0 nitrogen and oxygen atoms in total. The van der Waals surface area contributed by atoms with Gasteiger partial charge in [-0.3, -0.25) is 0 Å². The fraction of sp³-hybridized carbons (Fsp3) is 0.625.